The number of rotatable bonds is 10. The lowest BCUT2D eigenvalue weighted by Gasteiger charge is -2.38. The van der Waals surface area contributed by atoms with E-state index in [0.29, 0.717) is 29.4 Å². The Bertz CT molecular complexity index is 1650. The van der Waals surface area contributed by atoms with Gasteiger partial charge in [-0.3, -0.25) is 9.69 Å². The van der Waals surface area contributed by atoms with Crippen LogP contribution in [0.2, 0.25) is 0 Å². The lowest BCUT2D eigenvalue weighted by atomic mass is 9.88. The first kappa shape index (κ1) is 29.9. The van der Waals surface area contributed by atoms with Crippen molar-refractivity contribution < 1.29 is 23.7 Å². The maximum atomic E-state index is 13.6. The Morgan fingerprint density at radius 3 is 2.41 bits per heavy atom. The second kappa shape index (κ2) is 13.2. The lowest BCUT2D eigenvalue weighted by molar-refractivity contribution is -0.123. The fraction of sp³-hybridized carbons (Fsp3) is 0.324. The molecular formula is C34H35BrN4O5. The van der Waals surface area contributed by atoms with Crippen molar-refractivity contribution in [3.8, 4) is 29.0 Å². The molecule has 0 saturated carbocycles. The van der Waals surface area contributed by atoms with Crippen LogP contribution in [0, 0.1) is 0 Å². The molecule has 0 saturated heterocycles. The quantitative estimate of drug-likeness (QED) is 0.222. The number of ether oxygens (including phenoxy) is 4. The molecular weight excluding hydrogens is 624 g/mol. The van der Waals surface area contributed by atoms with E-state index in [1.54, 1.807) is 33.7 Å². The molecule has 2 unspecified atom stereocenters. The third-order valence-corrected chi connectivity index (χ3v) is 8.79. The van der Waals surface area contributed by atoms with Gasteiger partial charge >= 0.3 is 6.01 Å². The maximum Gasteiger partial charge on any atom is 0.322 e. The van der Waals surface area contributed by atoms with Crippen molar-refractivity contribution in [2.75, 3.05) is 34.4 Å². The van der Waals surface area contributed by atoms with Crippen molar-refractivity contribution in [2.45, 2.75) is 37.8 Å². The van der Waals surface area contributed by atoms with E-state index in [4.69, 9.17) is 18.9 Å². The SMILES string of the molecule is COc1ccc(CC2c3cc(Oc4ncc(Br)cn4)c(OC)cc3CCN2CC(=O)NC2CCc3ccccc32)cc1OC. The van der Waals surface area contributed by atoms with Gasteiger partial charge in [-0.15, -0.1) is 0 Å². The van der Waals surface area contributed by atoms with Gasteiger partial charge in [0.1, 0.15) is 0 Å². The van der Waals surface area contributed by atoms with E-state index in [2.05, 4.69) is 54.3 Å². The molecule has 1 N–H and O–H groups in total. The largest absolute Gasteiger partial charge is 0.493 e. The Morgan fingerprint density at radius 2 is 1.64 bits per heavy atom. The number of carbonyl (C=O) groups is 1. The predicted molar refractivity (Wildman–Crippen MR) is 170 cm³/mol. The fourth-order valence-corrected chi connectivity index (χ4v) is 6.45. The van der Waals surface area contributed by atoms with Crippen LogP contribution in [0.5, 0.6) is 29.0 Å². The number of benzene rings is 3. The van der Waals surface area contributed by atoms with Crippen LogP contribution in [0.1, 0.15) is 46.3 Å². The van der Waals surface area contributed by atoms with Crippen LogP contribution in [-0.2, 0) is 24.1 Å². The molecule has 10 heteroatoms. The van der Waals surface area contributed by atoms with E-state index in [0.717, 1.165) is 47.0 Å². The first-order valence-electron chi connectivity index (χ1n) is 14.6. The summed E-state index contributed by atoms with van der Waals surface area (Å²) in [7, 11) is 4.89. The highest BCUT2D eigenvalue weighted by Gasteiger charge is 2.32. The molecule has 0 spiro atoms. The molecule has 1 amide bonds. The highest BCUT2D eigenvalue weighted by molar-refractivity contribution is 9.10. The van der Waals surface area contributed by atoms with E-state index < -0.39 is 0 Å². The zero-order chi connectivity index (χ0) is 30.6. The summed E-state index contributed by atoms with van der Waals surface area (Å²) in [5.74, 6) is 2.46. The van der Waals surface area contributed by atoms with Crippen molar-refractivity contribution >= 4 is 21.8 Å². The van der Waals surface area contributed by atoms with Crippen molar-refractivity contribution in [3.63, 3.8) is 0 Å². The number of aryl methyl sites for hydroxylation is 1. The molecule has 1 aliphatic carbocycles. The predicted octanol–water partition coefficient (Wildman–Crippen LogP) is 6.00. The average molecular weight is 660 g/mol. The van der Waals surface area contributed by atoms with Crippen molar-refractivity contribution in [3.05, 3.63) is 99.3 Å². The van der Waals surface area contributed by atoms with E-state index >= 15 is 0 Å². The minimum Gasteiger partial charge on any atom is -0.493 e. The molecule has 0 fully saturated rings. The molecule has 4 aromatic rings. The molecule has 44 heavy (non-hydrogen) atoms. The first-order valence-corrected chi connectivity index (χ1v) is 15.4. The summed E-state index contributed by atoms with van der Waals surface area (Å²) in [6.45, 7) is 0.993. The second-order valence-electron chi connectivity index (χ2n) is 11.0. The molecule has 9 nitrogen and oxygen atoms in total. The fourth-order valence-electron chi connectivity index (χ4n) is 6.24. The normalized spacial score (nSPS) is 17.4. The van der Waals surface area contributed by atoms with Gasteiger partial charge in [-0.25, -0.2) is 9.97 Å². The average Bonchev–Trinajstić information content (AvgIpc) is 3.45. The summed E-state index contributed by atoms with van der Waals surface area (Å²) in [6, 6.07) is 18.5. The molecule has 2 atom stereocenters. The molecule has 6 rings (SSSR count). The number of carbonyl (C=O) groups excluding carboxylic acids is 1. The summed E-state index contributed by atoms with van der Waals surface area (Å²) in [6.07, 6.45) is 6.58. The standard InChI is InChI=1S/C34H35BrN4O5/c1-41-29-11-8-21(15-30(29)42-2)14-28-26-17-32(44-34-36-18-24(35)19-37-34)31(43-3)16-23(26)12-13-39(28)20-33(40)38-27-10-9-22-6-4-5-7-25(22)27/h4-8,11,15-19,27-28H,9-10,12-14,20H2,1-3H3,(H,38,40). The molecule has 2 aliphatic rings. The molecule has 228 valence electrons. The smallest absolute Gasteiger partial charge is 0.322 e. The highest BCUT2D eigenvalue weighted by Crippen LogP contribution is 2.41. The van der Waals surface area contributed by atoms with Crippen LogP contribution in [0.4, 0.5) is 0 Å². The van der Waals surface area contributed by atoms with Gasteiger partial charge < -0.3 is 24.3 Å². The number of nitrogens with one attached hydrogen (secondary N) is 1. The number of aromatic nitrogens is 2. The van der Waals surface area contributed by atoms with Crippen LogP contribution >= 0.6 is 15.9 Å². The molecule has 1 aliphatic heterocycles. The first-order chi connectivity index (χ1) is 21.4. The summed E-state index contributed by atoms with van der Waals surface area (Å²) < 4.78 is 23.7. The van der Waals surface area contributed by atoms with Crippen LogP contribution < -0.4 is 24.3 Å². The maximum absolute atomic E-state index is 13.6. The number of amides is 1. The van der Waals surface area contributed by atoms with E-state index in [1.807, 2.05) is 36.4 Å². The van der Waals surface area contributed by atoms with Gasteiger partial charge in [0.05, 0.1) is 38.4 Å². The van der Waals surface area contributed by atoms with Crippen LogP contribution in [0.25, 0.3) is 0 Å². The van der Waals surface area contributed by atoms with Crippen LogP contribution in [-0.4, -0.2) is 55.2 Å². The summed E-state index contributed by atoms with van der Waals surface area (Å²) in [4.78, 5) is 24.4. The molecule has 1 aromatic heterocycles. The third kappa shape index (κ3) is 6.37. The Balaban J connectivity index is 1.31. The van der Waals surface area contributed by atoms with Gasteiger partial charge in [0.25, 0.3) is 0 Å². The number of halogens is 1. The Morgan fingerprint density at radius 1 is 0.886 bits per heavy atom. The Kier molecular flexibility index (Phi) is 8.99. The number of fused-ring (bicyclic) bond motifs is 2. The van der Waals surface area contributed by atoms with E-state index in [-0.39, 0.29) is 30.5 Å². The lowest BCUT2D eigenvalue weighted by Crippen LogP contribution is -2.44. The number of methoxy groups -OCH3 is 3. The zero-order valence-electron chi connectivity index (χ0n) is 25.0. The Hall–Kier alpha value is -4.15. The third-order valence-electron chi connectivity index (χ3n) is 8.38. The molecule has 3 aromatic carbocycles. The van der Waals surface area contributed by atoms with Crippen molar-refractivity contribution in [1.82, 2.24) is 20.2 Å². The zero-order valence-corrected chi connectivity index (χ0v) is 26.6. The van der Waals surface area contributed by atoms with E-state index in [9.17, 15) is 4.79 Å². The van der Waals surface area contributed by atoms with Gasteiger partial charge in [-0.1, -0.05) is 30.3 Å². The van der Waals surface area contributed by atoms with Gasteiger partial charge in [0.2, 0.25) is 5.91 Å². The van der Waals surface area contributed by atoms with Crippen LogP contribution in [0.3, 0.4) is 0 Å². The number of hydrogen-bond acceptors (Lipinski definition) is 8. The summed E-state index contributed by atoms with van der Waals surface area (Å²) >= 11 is 3.37. The van der Waals surface area contributed by atoms with Gasteiger partial charge in [-0.2, -0.15) is 0 Å². The molecule has 2 heterocycles. The second-order valence-corrected chi connectivity index (χ2v) is 11.9. The van der Waals surface area contributed by atoms with Crippen LogP contribution in [0.15, 0.2) is 71.5 Å². The minimum atomic E-state index is -0.113. The highest BCUT2D eigenvalue weighted by atomic mass is 79.9. The Labute approximate surface area is 265 Å². The molecule has 0 bridgehead atoms. The molecule has 0 radical (unpaired) electrons. The number of nitrogens with zero attached hydrogens (tertiary/aromatic N) is 3. The summed E-state index contributed by atoms with van der Waals surface area (Å²) in [5.41, 5.74) is 5.81. The minimum absolute atomic E-state index is 0.0145. The van der Waals surface area contributed by atoms with E-state index in [1.165, 1.54) is 11.1 Å². The summed E-state index contributed by atoms with van der Waals surface area (Å²) in [5, 5.41) is 3.31. The van der Waals surface area contributed by atoms with Crippen molar-refractivity contribution in [1.29, 1.82) is 0 Å². The topological polar surface area (TPSA) is 95.0 Å². The van der Waals surface area contributed by atoms with Gasteiger partial charge in [-0.05, 0) is 93.7 Å². The van der Waals surface area contributed by atoms with Gasteiger partial charge in [0.15, 0.2) is 23.0 Å². The van der Waals surface area contributed by atoms with Gasteiger partial charge in [0, 0.05) is 25.0 Å². The monoisotopic (exact) mass is 658 g/mol. The van der Waals surface area contributed by atoms with Crippen molar-refractivity contribution in [2.24, 2.45) is 0 Å². The number of hydrogen-bond donors (Lipinski definition) is 1.